The number of carbonyl (C=O) groups is 1. The highest BCUT2D eigenvalue weighted by atomic mass is 32.2. The van der Waals surface area contributed by atoms with Gasteiger partial charge in [0, 0.05) is 41.1 Å². The fourth-order valence-electron chi connectivity index (χ4n) is 3.58. The van der Waals surface area contributed by atoms with Gasteiger partial charge in [0.15, 0.2) is 11.2 Å². The molecule has 4 aromatic rings. The standard InChI is InChI=1S/C25H25N5O2S/c1-4-30(33(32)26-3)21-10-6-18(7-11-21)25(31)28-20-9-5-17(2)22(15-20)24-12-8-19-16-27-14-13-23(19)29-24/h5-16,26H,4H2,1-3H3,(H,28,31). The smallest absolute Gasteiger partial charge is 0.255 e. The van der Waals surface area contributed by atoms with Gasteiger partial charge in [-0.25, -0.2) is 13.9 Å². The molecule has 4 rings (SSSR count). The molecule has 7 nitrogen and oxygen atoms in total. The number of rotatable bonds is 7. The van der Waals surface area contributed by atoms with E-state index in [2.05, 4.69) is 15.0 Å². The number of nitrogens with zero attached hydrogens (tertiary/aromatic N) is 3. The zero-order valence-electron chi connectivity index (χ0n) is 18.7. The van der Waals surface area contributed by atoms with Gasteiger partial charge >= 0.3 is 0 Å². The van der Waals surface area contributed by atoms with E-state index in [1.807, 2.05) is 50.2 Å². The monoisotopic (exact) mass is 459 g/mol. The number of aromatic nitrogens is 2. The summed E-state index contributed by atoms with van der Waals surface area (Å²) in [6.45, 7) is 4.52. The molecule has 2 N–H and O–H groups in total. The average molecular weight is 460 g/mol. The van der Waals surface area contributed by atoms with Crippen LogP contribution in [-0.2, 0) is 11.2 Å². The molecule has 0 bridgehead atoms. The first-order valence-electron chi connectivity index (χ1n) is 10.6. The normalized spacial score (nSPS) is 11.8. The van der Waals surface area contributed by atoms with Crippen molar-refractivity contribution in [3.05, 3.63) is 84.2 Å². The maximum absolute atomic E-state index is 12.8. The lowest BCUT2D eigenvalue weighted by Gasteiger charge is -2.20. The van der Waals surface area contributed by atoms with Crippen LogP contribution < -0.4 is 14.3 Å². The second-order valence-electron chi connectivity index (χ2n) is 7.44. The van der Waals surface area contributed by atoms with Crippen LogP contribution in [0.2, 0.25) is 0 Å². The van der Waals surface area contributed by atoms with Crippen LogP contribution in [0.4, 0.5) is 11.4 Å². The molecule has 2 aromatic carbocycles. The quantitative estimate of drug-likeness (QED) is 0.427. The summed E-state index contributed by atoms with van der Waals surface area (Å²) in [6, 6.07) is 18.7. The van der Waals surface area contributed by atoms with E-state index in [0.717, 1.165) is 33.4 Å². The molecule has 0 saturated carbocycles. The maximum Gasteiger partial charge on any atom is 0.255 e. The van der Waals surface area contributed by atoms with Gasteiger partial charge in [-0.2, -0.15) is 0 Å². The summed E-state index contributed by atoms with van der Waals surface area (Å²) in [5.74, 6) is -0.216. The van der Waals surface area contributed by atoms with E-state index in [9.17, 15) is 9.00 Å². The van der Waals surface area contributed by atoms with E-state index in [4.69, 9.17) is 4.98 Å². The number of benzene rings is 2. The van der Waals surface area contributed by atoms with Crippen LogP contribution in [0.5, 0.6) is 0 Å². The van der Waals surface area contributed by atoms with Gasteiger partial charge in [0.25, 0.3) is 5.91 Å². The van der Waals surface area contributed by atoms with Crippen LogP contribution in [-0.4, -0.2) is 33.7 Å². The number of aryl methyl sites for hydroxylation is 1. The van der Waals surface area contributed by atoms with Crippen LogP contribution in [0.1, 0.15) is 22.8 Å². The van der Waals surface area contributed by atoms with Crippen molar-refractivity contribution in [2.45, 2.75) is 13.8 Å². The Morgan fingerprint density at radius 1 is 1.06 bits per heavy atom. The number of anilines is 2. The summed E-state index contributed by atoms with van der Waals surface area (Å²) in [7, 11) is 1.64. The third kappa shape index (κ3) is 4.92. The van der Waals surface area contributed by atoms with E-state index in [1.165, 1.54) is 0 Å². The van der Waals surface area contributed by atoms with Crippen molar-refractivity contribution in [3.63, 3.8) is 0 Å². The molecule has 2 aromatic heterocycles. The summed E-state index contributed by atoms with van der Waals surface area (Å²) in [4.78, 5) is 21.7. The molecule has 0 saturated heterocycles. The van der Waals surface area contributed by atoms with Crippen LogP contribution in [0.25, 0.3) is 22.2 Å². The third-order valence-corrected chi connectivity index (χ3v) is 6.56. The third-order valence-electron chi connectivity index (χ3n) is 5.34. The molecule has 0 aliphatic rings. The van der Waals surface area contributed by atoms with Crippen molar-refractivity contribution in [3.8, 4) is 11.3 Å². The fraction of sp³-hybridized carbons (Fsp3) is 0.160. The molecular weight excluding hydrogens is 434 g/mol. The Morgan fingerprint density at radius 3 is 2.58 bits per heavy atom. The first kappa shape index (κ1) is 22.6. The number of hydrogen-bond donors (Lipinski definition) is 2. The highest BCUT2D eigenvalue weighted by Gasteiger charge is 2.13. The molecule has 0 aliphatic heterocycles. The highest BCUT2D eigenvalue weighted by molar-refractivity contribution is 7.84. The lowest BCUT2D eigenvalue weighted by molar-refractivity contribution is 0.102. The van der Waals surface area contributed by atoms with Crippen molar-refractivity contribution in [1.82, 2.24) is 14.7 Å². The second kappa shape index (κ2) is 9.89. The van der Waals surface area contributed by atoms with Gasteiger partial charge in [-0.15, -0.1) is 0 Å². The molecule has 168 valence electrons. The Hall–Kier alpha value is -3.62. The van der Waals surface area contributed by atoms with Crippen molar-refractivity contribution in [2.75, 3.05) is 23.2 Å². The summed E-state index contributed by atoms with van der Waals surface area (Å²) in [6.07, 6.45) is 3.51. The van der Waals surface area contributed by atoms with Crippen molar-refractivity contribution >= 4 is 39.4 Å². The minimum absolute atomic E-state index is 0.216. The number of amides is 1. The highest BCUT2D eigenvalue weighted by Crippen LogP contribution is 2.27. The number of pyridine rings is 2. The van der Waals surface area contributed by atoms with Gasteiger partial charge in [-0.3, -0.25) is 14.1 Å². The van der Waals surface area contributed by atoms with E-state index < -0.39 is 11.2 Å². The van der Waals surface area contributed by atoms with Crippen molar-refractivity contribution < 1.29 is 9.00 Å². The van der Waals surface area contributed by atoms with Crippen molar-refractivity contribution in [1.29, 1.82) is 0 Å². The largest absolute Gasteiger partial charge is 0.322 e. The minimum atomic E-state index is -1.32. The van der Waals surface area contributed by atoms with Crippen LogP contribution in [0, 0.1) is 6.92 Å². The molecule has 33 heavy (non-hydrogen) atoms. The van der Waals surface area contributed by atoms with Gasteiger partial charge in [0.1, 0.15) is 0 Å². The number of fused-ring (bicyclic) bond motifs is 1. The molecule has 1 unspecified atom stereocenters. The average Bonchev–Trinajstić information content (AvgIpc) is 2.85. The maximum atomic E-state index is 12.8. The molecule has 1 amide bonds. The Labute approximate surface area is 195 Å². The van der Waals surface area contributed by atoms with Crippen LogP contribution in [0.15, 0.2) is 73.1 Å². The Bertz CT molecular complexity index is 1320. The van der Waals surface area contributed by atoms with Gasteiger partial charge in [-0.05, 0) is 81.1 Å². The lowest BCUT2D eigenvalue weighted by Crippen LogP contribution is -2.33. The predicted molar refractivity (Wildman–Crippen MR) is 134 cm³/mol. The molecule has 0 aliphatic carbocycles. The van der Waals surface area contributed by atoms with Crippen LogP contribution in [0.3, 0.4) is 0 Å². The fourth-order valence-corrected chi connectivity index (χ4v) is 4.35. The van der Waals surface area contributed by atoms with E-state index in [1.54, 1.807) is 48.0 Å². The van der Waals surface area contributed by atoms with Gasteiger partial charge in [0.05, 0.1) is 16.9 Å². The first-order chi connectivity index (χ1) is 16.0. The summed E-state index contributed by atoms with van der Waals surface area (Å²) in [5.41, 5.74) is 5.71. The van der Waals surface area contributed by atoms with E-state index >= 15 is 0 Å². The number of nitrogens with one attached hydrogen (secondary N) is 2. The molecule has 0 radical (unpaired) electrons. The summed E-state index contributed by atoms with van der Waals surface area (Å²) in [5, 5.41) is 3.95. The Kier molecular flexibility index (Phi) is 6.76. The molecular formula is C25H25N5O2S. The van der Waals surface area contributed by atoms with Crippen molar-refractivity contribution in [2.24, 2.45) is 0 Å². The zero-order chi connectivity index (χ0) is 23.4. The van der Waals surface area contributed by atoms with Crippen LogP contribution >= 0.6 is 0 Å². The molecule has 2 heterocycles. The summed E-state index contributed by atoms with van der Waals surface area (Å²) >= 11 is -1.32. The lowest BCUT2D eigenvalue weighted by atomic mass is 10.0. The van der Waals surface area contributed by atoms with E-state index in [0.29, 0.717) is 17.8 Å². The molecule has 0 spiro atoms. The number of carbonyl (C=O) groups excluding carboxylic acids is 1. The molecule has 8 heteroatoms. The molecule has 1 atom stereocenters. The van der Waals surface area contributed by atoms with Gasteiger partial charge in [0.2, 0.25) is 0 Å². The zero-order valence-corrected chi connectivity index (χ0v) is 19.5. The second-order valence-corrected chi connectivity index (χ2v) is 8.79. The number of hydrogen-bond acceptors (Lipinski definition) is 4. The molecule has 0 fully saturated rings. The van der Waals surface area contributed by atoms with Gasteiger partial charge in [-0.1, -0.05) is 6.07 Å². The Morgan fingerprint density at radius 2 is 1.85 bits per heavy atom. The summed E-state index contributed by atoms with van der Waals surface area (Å²) < 4.78 is 16.5. The van der Waals surface area contributed by atoms with Gasteiger partial charge < -0.3 is 5.32 Å². The first-order valence-corrected chi connectivity index (χ1v) is 11.7. The van der Waals surface area contributed by atoms with E-state index in [-0.39, 0.29) is 5.91 Å². The predicted octanol–water partition coefficient (Wildman–Crippen LogP) is 4.48. The topological polar surface area (TPSA) is 87.2 Å². The minimum Gasteiger partial charge on any atom is -0.322 e. The Balaban J connectivity index is 1.55. The SMILES string of the molecule is CCN(c1ccc(C(=O)Nc2ccc(C)c(-c3ccc4cnccc4n3)c2)cc1)S(=O)NC.